The zero-order valence-corrected chi connectivity index (χ0v) is 25.3. The first kappa shape index (κ1) is 32.0. The topological polar surface area (TPSA) is 114 Å². The van der Waals surface area contributed by atoms with Crippen molar-refractivity contribution in [3.63, 3.8) is 0 Å². The first-order chi connectivity index (χ1) is 21.3. The molecule has 4 aromatic carbocycles. The van der Waals surface area contributed by atoms with E-state index in [4.69, 9.17) is 16.3 Å². The highest BCUT2D eigenvalue weighted by molar-refractivity contribution is 6.30. The summed E-state index contributed by atoms with van der Waals surface area (Å²) in [4.78, 5) is 52.7. The van der Waals surface area contributed by atoms with Gasteiger partial charge in [0.05, 0.1) is 6.42 Å². The molecule has 0 unspecified atom stereocenters. The summed E-state index contributed by atoms with van der Waals surface area (Å²) in [5.41, 5.74) is 1.99. The van der Waals surface area contributed by atoms with Gasteiger partial charge in [0.2, 0.25) is 11.8 Å². The number of benzene rings is 4. The SMILES string of the molecule is CCNC(=O)C(COC(=O)Cc1ccc(NC(=O)c2ccccc2-c2ccc(Cl)cc2)cc1)(C(=O)NCC)c1ccccc1. The van der Waals surface area contributed by atoms with Gasteiger partial charge in [0.25, 0.3) is 5.91 Å². The Morgan fingerprint density at radius 1 is 0.727 bits per heavy atom. The highest BCUT2D eigenvalue weighted by Crippen LogP contribution is 2.28. The van der Waals surface area contributed by atoms with Crippen molar-refractivity contribution in [3.8, 4) is 11.1 Å². The van der Waals surface area contributed by atoms with Crippen molar-refractivity contribution >= 4 is 41.0 Å². The molecule has 226 valence electrons. The molecule has 4 aromatic rings. The van der Waals surface area contributed by atoms with E-state index in [9.17, 15) is 19.2 Å². The van der Waals surface area contributed by atoms with E-state index >= 15 is 0 Å². The summed E-state index contributed by atoms with van der Waals surface area (Å²) in [6, 6.07) is 29.9. The Kier molecular flexibility index (Phi) is 10.9. The molecule has 0 saturated heterocycles. The number of halogens is 1. The molecular weight excluding hydrogens is 578 g/mol. The number of likely N-dealkylation sites (N-methyl/N-ethyl adjacent to an activating group) is 2. The minimum atomic E-state index is -1.75. The summed E-state index contributed by atoms with van der Waals surface area (Å²) in [7, 11) is 0. The summed E-state index contributed by atoms with van der Waals surface area (Å²) in [5, 5.41) is 8.94. The van der Waals surface area contributed by atoms with Gasteiger partial charge in [0.15, 0.2) is 5.41 Å². The van der Waals surface area contributed by atoms with Crippen LogP contribution in [0.1, 0.15) is 35.3 Å². The molecule has 3 amide bonds. The highest BCUT2D eigenvalue weighted by Gasteiger charge is 2.48. The van der Waals surface area contributed by atoms with Gasteiger partial charge < -0.3 is 20.7 Å². The number of esters is 1. The van der Waals surface area contributed by atoms with Gasteiger partial charge in [0.1, 0.15) is 6.61 Å². The lowest BCUT2D eigenvalue weighted by Gasteiger charge is -2.31. The van der Waals surface area contributed by atoms with Gasteiger partial charge in [-0.3, -0.25) is 19.2 Å². The van der Waals surface area contributed by atoms with E-state index < -0.39 is 29.8 Å². The summed E-state index contributed by atoms with van der Waals surface area (Å²) in [6.45, 7) is 3.64. The van der Waals surface area contributed by atoms with Gasteiger partial charge >= 0.3 is 5.97 Å². The first-order valence-electron chi connectivity index (χ1n) is 14.3. The molecule has 0 heterocycles. The third kappa shape index (κ3) is 7.51. The Balaban J connectivity index is 1.44. The van der Waals surface area contributed by atoms with E-state index in [-0.39, 0.29) is 12.3 Å². The number of carbonyl (C=O) groups excluding carboxylic acids is 4. The van der Waals surface area contributed by atoms with Crippen LogP contribution in [0, 0.1) is 0 Å². The molecule has 3 N–H and O–H groups in total. The van der Waals surface area contributed by atoms with Crippen LogP contribution < -0.4 is 16.0 Å². The van der Waals surface area contributed by atoms with E-state index in [1.807, 2.05) is 24.3 Å². The van der Waals surface area contributed by atoms with E-state index in [0.717, 1.165) is 11.1 Å². The lowest BCUT2D eigenvalue weighted by atomic mass is 9.79. The van der Waals surface area contributed by atoms with Crippen molar-refractivity contribution in [2.45, 2.75) is 25.7 Å². The molecule has 0 saturated carbocycles. The Hall–Kier alpha value is -4.95. The number of rotatable bonds is 12. The van der Waals surface area contributed by atoms with Gasteiger partial charge in [-0.2, -0.15) is 0 Å². The van der Waals surface area contributed by atoms with Gasteiger partial charge in [0, 0.05) is 29.4 Å². The summed E-state index contributed by atoms with van der Waals surface area (Å²) in [5.74, 6) is -1.99. The zero-order chi connectivity index (χ0) is 31.5. The van der Waals surface area contributed by atoms with Gasteiger partial charge in [-0.15, -0.1) is 0 Å². The third-order valence-corrected chi connectivity index (χ3v) is 7.31. The molecule has 0 atom stereocenters. The maximum absolute atomic E-state index is 13.3. The average molecular weight is 612 g/mol. The molecule has 8 nitrogen and oxygen atoms in total. The van der Waals surface area contributed by atoms with Crippen LogP contribution in [0.15, 0.2) is 103 Å². The minimum absolute atomic E-state index is 0.0940. The van der Waals surface area contributed by atoms with Gasteiger partial charge in [-0.25, -0.2) is 0 Å². The van der Waals surface area contributed by atoms with Crippen LogP contribution in [0.25, 0.3) is 11.1 Å². The third-order valence-electron chi connectivity index (χ3n) is 7.05. The second-order valence-corrected chi connectivity index (χ2v) is 10.5. The van der Waals surface area contributed by atoms with E-state index in [1.165, 1.54) is 0 Å². The smallest absolute Gasteiger partial charge is 0.310 e. The number of hydrogen-bond acceptors (Lipinski definition) is 5. The Labute approximate surface area is 261 Å². The van der Waals surface area contributed by atoms with Crippen LogP contribution in [0.2, 0.25) is 5.02 Å². The van der Waals surface area contributed by atoms with E-state index in [0.29, 0.717) is 40.5 Å². The normalized spacial score (nSPS) is 10.9. The molecule has 0 bridgehead atoms. The van der Waals surface area contributed by atoms with Crippen LogP contribution >= 0.6 is 11.6 Å². The lowest BCUT2D eigenvalue weighted by molar-refractivity contribution is -0.150. The number of carbonyl (C=O) groups is 4. The zero-order valence-electron chi connectivity index (χ0n) is 24.6. The number of anilines is 1. The van der Waals surface area contributed by atoms with Crippen molar-refractivity contribution in [1.82, 2.24) is 10.6 Å². The second-order valence-electron chi connectivity index (χ2n) is 10.0. The van der Waals surface area contributed by atoms with Gasteiger partial charge in [-0.1, -0.05) is 84.4 Å². The summed E-state index contributed by atoms with van der Waals surface area (Å²) >= 11 is 6.02. The predicted octanol–water partition coefficient (Wildman–Crippen LogP) is 5.56. The fourth-order valence-electron chi connectivity index (χ4n) is 4.80. The van der Waals surface area contributed by atoms with Crippen LogP contribution in [0.4, 0.5) is 5.69 Å². The van der Waals surface area contributed by atoms with Crippen molar-refractivity contribution in [1.29, 1.82) is 0 Å². The van der Waals surface area contributed by atoms with E-state index in [1.54, 1.807) is 92.7 Å². The molecule has 0 aliphatic carbocycles. The Morgan fingerprint density at radius 2 is 1.32 bits per heavy atom. The lowest BCUT2D eigenvalue weighted by Crippen LogP contribution is -2.57. The van der Waals surface area contributed by atoms with Crippen LogP contribution in [-0.4, -0.2) is 43.4 Å². The summed E-state index contributed by atoms with van der Waals surface area (Å²) in [6.07, 6.45) is -0.0940. The quantitative estimate of drug-likeness (QED) is 0.143. The monoisotopic (exact) mass is 611 g/mol. The largest absolute Gasteiger partial charge is 0.463 e. The van der Waals surface area contributed by atoms with Gasteiger partial charge in [-0.05, 0) is 66.4 Å². The van der Waals surface area contributed by atoms with E-state index in [2.05, 4.69) is 16.0 Å². The molecule has 0 spiro atoms. The molecule has 4 rings (SSSR count). The number of nitrogens with one attached hydrogen (secondary N) is 3. The molecule has 9 heteroatoms. The Bertz CT molecular complexity index is 1590. The van der Waals surface area contributed by atoms with Crippen molar-refractivity contribution < 1.29 is 23.9 Å². The van der Waals surface area contributed by atoms with Crippen molar-refractivity contribution in [3.05, 3.63) is 125 Å². The molecule has 44 heavy (non-hydrogen) atoms. The standard InChI is InChI=1S/C35H34ClN3O5/c1-3-37-33(42)35(34(43)38-4-2,26-10-6-5-7-11-26)23-44-31(40)22-24-14-20-28(21-15-24)39-32(41)30-13-9-8-12-29(30)25-16-18-27(36)19-17-25/h5-21H,3-4,22-23H2,1-2H3,(H,37,42)(H,38,43)(H,39,41). The van der Waals surface area contributed by atoms with Crippen LogP contribution in [0.3, 0.4) is 0 Å². The maximum Gasteiger partial charge on any atom is 0.310 e. The molecule has 0 aliphatic heterocycles. The number of amides is 3. The average Bonchev–Trinajstić information content (AvgIpc) is 3.03. The molecular formula is C35H34ClN3O5. The van der Waals surface area contributed by atoms with Crippen LogP contribution in [-0.2, 0) is 31.0 Å². The Morgan fingerprint density at radius 3 is 1.93 bits per heavy atom. The van der Waals surface area contributed by atoms with Crippen molar-refractivity contribution in [2.24, 2.45) is 0 Å². The maximum atomic E-state index is 13.3. The summed E-state index contributed by atoms with van der Waals surface area (Å²) < 4.78 is 5.58. The molecule has 0 aromatic heterocycles. The van der Waals surface area contributed by atoms with Crippen molar-refractivity contribution in [2.75, 3.05) is 25.0 Å². The number of hydrogen-bond donors (Lipinski definition) is 3. The fourth-order valence-corrected chi connectivity index (χ4v) is 4.92. The first-order valence-corrected chi connectivity index (χ1v) is 14.7. The van der Waals surface area contributed by atoms with Crippen LogP contribution in [0.5, 0.6) is 0 Å². The number of ether oxygens (including phenoxy) is 1. The predicted molar refractivity (Wildman–Crippen MR) is 171 cm³/mol. The highest BCUT2D eigenvalue weighted by atomic mass is 35.5. The molecule has 0 aliphatic rings. The fraction of sp³-hybridized carbons (Fsp3) is 0.200. The molecule has 0 radical (unpaired) electrons. The minimum Gasteiger partial charge on any atom is -0.463 e. The molecule has 0 fully saturated rings. The second kappa shape index (κ2) is 15.0.